The molecule has 2 N–H and O–H groups in total. The standard InChI is InChI=1S/C18H10F4N4/c19-15-6-10(1-3-14(15)16-8-26-17(24)9-25-16)13-4-2-12(18(20,21)22)5-11(13)7-23/h1-6,8-9H,(H2,24,26). The number of aromatic nitrogens is 2. The Balaban J connectivity index is 2.05. The highest BCUT2D eigenvalue weighted by atomic mass is 19.4. The molecule has 3 rings (SSSR count). The summed E-state index contributed by atoms with van der Waals surface area (Å²) in [6.07, 6.45) is -1.97. The molecule has 0 unspecified atom stereocenters. The topological polar surface area (TPSA) is 75.6 Å². The number of alkyl halides is 3. The number of anilines is 1. The summed E-state index contributed by atoms with van der Waals surface area (Å²) in [5.41, 5.74) is 5.21. The number of hydrogen-bond acceptors (Lipinski definition) is 4. The lowest BCUT2D eigenvalue weighted by Gasteiger charge is -2.11. The van der Waals surface area contributed by atoms with E-state index in [1.54, 1.807) is 6.07 Å². The van der Waals surface area contributed by atoms with E-state index in [0.29, 0.717) is 0 Å². The largest absolute Gasteiger partial charge is 0.416 e. The highest BCUT2D eigenvalue weighted by Gasteiger charge is 2.31. The van der Waals surface area contributed by atoms with Crippen LogP contribution >= 0.6 is 0 Å². The quantitative estimate of drug-likeness (QED) is 0.688. The Morgan fingerprint density at radius 1 is 0.962 bits per heavy atom. The third-order valence-corrected chi connectivity index (χ3v) is 3.70. The van der Waals surface area contributed by atoms with Crippen LogP contribution in [0.2, 0.25) is 0 Å². The minimum atomic E-state index is -4.56. The third kappa shape index (κ3) is 3.32. The first-order chi connectivity index (χ1) is 12.3. The highest BCUT2D eigenvalue weighted by molar-refractivity contribution is 5.74. The first-order valence-corrected chi connectivity index (χ1v) is 7.29. The van der Waals surface area contributed by atoms with E-state index in [1.807, 2.05) is 0 Å². The Kier molecular flexibility index (Phi) is 4.30. The molecule has 0 bridgehead atoms. The van der Waals surface area contributed by atoms with Gasteiger partial charge in [0.2, 0.25) is 0 Å². The average molecular weight is 358 g/mol. The molecule has 0 aliphatic rings. The van der Waals surface area contributed by atoms with Crippen molar-refractivity contribution in [3.8, 4) is 28.5 Å². The molecule has 0 saturated carbocycles. The molecule has 0 atom stereocenters. The minimum absolute atomic E-state index is 0.159. The summed E-state index contributed by atoms with van der Waals surface area (Å²) in [5.74, 6) is -0.459. The maximum Gasteiger partial charge on any atom is 0.416 e. The summed E-state index contributed by atoms with van der Waals surface area (Å²) in [6, 6.07) is 8.52. The van der Waals surface area contributed by atoms with Crippen molar-refractivity contribution in [2.24, 2.45) is 0 Å². The van der Waals surface area contributed by atoms with Gasteiger partial charge in [0.15, 0.2) is 0 Å². The van der Waals surface area contributed by atoms with Crippen LogP contribution in [-0.2, 0) is 6.18 Å². The molecule has 26 heavy (non-hydrogen) atoms. The molecule has 0 aliphatic carbocycles. The van der Waals surface area contributed by atoms with Crippen LogP contribution in [0.3, 0.4) is 0 Å². The van der Waals surface area contributed by atoms with Crippen molar-refractivity contribution in [1.29, 1.82) is 5.26 Å². The summed E-state index contributed by atoms with van der Waals surface area (Å²) >= 11 is 0. The number of hydrogen-bond donors (Lipinski definition) is 1. The van der Waals surface area contributed by atoms with Gasteiger partial charge in [-0.05, 0) is 35.4 Å². The van der Waals surface area contributed by atoms with E-state index in [2.05, 4.69) is 9.97 Å². The van der Waals surface area contributed by atoms with E-state index in [1.165, 1.54) is 24.5 Å². The SMILES string of the molecule is N#Cc1cc(C(F)(F)F)ccc1-c1ccc(-c2cnc(N)cn2)c(F)c1. The number of halogens is 4. The summed E-state index contributed by atoms with van der Waals surface area (Å²) in [5, 5.41) is 9.16. The van der Waals surface area contributed by atoms with Gasteiger partial charge in [-0.15, -0.1) is 0 Å². The lowest BCUT2D eigenvalue weighted by molar-refractivity contribution is -0.137. The molecule has 0 spiro atoms. The fraction of sp³-hybridized carbons (Fsp3) is 0.0556. The molecule has 130 valence electrons. The van der Waals surface area contributed by atoms with E-state index in [4.69, 9.17) is 11.0 Å². The predicted molar refractivity (Wildman–Crippen MR) is 87.0 cm³/mol. The number of nitriles is 1. The van der Waals surface area contributed by atoms with Crippen LogP contribution in [0.5, 0.6) is 0 Å². The van der Waals surface area contributed by atoms with Crippen molar-refractivity contribution in [2.75, 3.05) is 5.73 Å². The molecule has 0 aliphatic heterocycles. The van der Waals surface area contributed by atoms with Crippen LogP contribution in [0.4, 0.5) is 23.4 Å². The Bertz CT molecular complexity index is 1010. The zero-order valence-electron chi connectivity index (χ0n) is 13.0. The molecular weight excluding hydrogens is 348 g/mol. The molecule has 2 aromatic carbocycles. The number of nitrogens with zero attached hydrogens (tertiary/aromatic N) is 3. The van der Waals surface area contributed by atoms with Crippen molar-refractivity contribution >= 4 is 5.82 Å². The van der Waals surface area contributed by atoms with Gasteiger partial charge in [-0.1, -0.05) is 12.1 Å². The van der Waals surface area contributed by atoms with Crippen LogP contribution < -0.4 is 5.73 Å². The van der Waals surface area contributed by atoms with Gasteiger partial charge in [0.05, 0.1) is 35.3 Å². The van der Waals surface area contributed by atoms with Gasteiger partial charge in [-0.25, -0.2) is 9.37 Å². The smallest absolute Gasteiger partial charge is 0.382 e. The number of rotatable bonds is 2. The molecule has 1 heterocycles. The van der Waals surface area contributed by atoms with Crippen molar-refractivity contribution in [3.63, 3.8) is 0 Å². The van der Waals surface area contributed by atoms with Crippen molar-refractivity contribution in [1.82, 2.24) is 9.97 Å². The normalized spacial score (nSPS) is 11.2. The van der Waals surface area contributed by atoms with Crippen molar-refractivity contribution in [2.45, 2.75) is 6.18 Å². The number of nitrogen functional groups attached to an aromatic ring is 1. The molecule has 0 fully saturated rings. The molecule has 3 aromatic rings. The Morgan fingerprint density at radius 2 is 1.69 bits per heavy atom. The first kappa shape index (κ1) is 17.4. The van der Waals surface area contributed by atoms with Crippen LogP contribution in [0.1, 0.15) is 11.1 Å². The van der Waals surface area contributed by atoms with E-state index in [9.17, 15) is 17.6 Å². The summed E-state index contributed by atoms with van der Waals surface area (Å²) in [6.45, 7) is 0. The van der Waals surface area contributed by atoms with Gasteiger partial charge in [0.25, 0.3) is 0 Å². The highest BCUT2D eigenvalue weighted by Crippen LogP contribution is 2.34. The summed E-state index contributed by atoms with van der Waals surface area (Å²) in [4.78, 5) is 7.82. The van der Waals surface area contributed by atoms with Gasteiger partial charge in [-0.2, -0.15) is 18.4 Å². The van der Waals surface area contributed by atoms with Gasteiger partial charge >= 0.3 is 6.18 Å². The lowest BCUT2D eigenvalue weighted by Crippen LogP contribution is -2.05. The van der Waals surface area contributed by atoms with Crippen LogP contribution in [0, 0.1) is 17.1 Å². The zero-order valence-corrected chi connectivity index (χ0v) is 13.0. The fourth-order valence-corrected chi connectivity index (χ4v) is 2.43. The monoisotopic (exact) mass is 358 g/mol. The van der Waals surface area contributed by atoms with E-state index in [0.717, 1.165) is 24.3 Å². The van der Waals surface area contributed by atoms with E-state index in [-0.39, 0.29) is 33.8 Å². The molecule has 4 nitrogen and oxygen atoms in total. The maximum atomic E-state index is 14.5. The maximum absolute atomic E-state index is 14.5. The minimum Gasteiger partial charge on any atom is -0.382 e. The third-order valence-electron chi connectivity index (χ3n) is 3.70. The summed E-state index contributed by atoms with van der Waals surface area (Å²) < 4.78 is 52.8. The second kappa shape index (κ2) is 6.44. The average Bonchev–Trinajstić information content (AvgIpc) is 2.61. The zero-order chi connectivity index (χ0) is 18.9. The van der Waals surface area contributed by atoms with Crippen molar-refractivity contribution < 1.29 is 17.6 Å². The molecule has 0 radical (unpaired) electrons. The molecule has 8 heteroatoms. The van der Waals surface area contributed by atoms with Gasteiger partial charge in [0, 0.05) is 5.56 Å². The van der Waals surface area contributed by atoms with Crippen LogP contribution in [-0.4, -0.2) is 9.97 Å². The fourth-order valence-electron chi connectivity index (χ4n) is 2.43. The Labute approximate surface area is 145 Å². The number of benzene rings is 2. The van der Waals surface area contributed by atoms with E-state index < -0.39 is 17.6 Å². The molecular formula is C18H10F4N4. The molecule has 0 saturated heterocycles. The molecule has 1 aromatic heterocycles. The Hall–Kier alpha value is -3.47. The van der Waals surface area contributed by atoms with Gasteiger partial charge < -0.3 is 5.73 Å². The predicted octanol–water partition coefficient (Wildman–Crippen LogP) is 4.42. The molecule has 0 amide bonds. The van der Waals surface area contributed by atoms with Crippen molar-refractivity contribution in [3.05, 3.63) is 65.7 Å². The van der Waals surface area contributed by atoms with Crippen LogP contribution in [0.15, 0.2) is 48.8 Å². The first-order valence-electron chi connectivity index (χ1n) is 7.29. The number of nitrogens with two attached hydrogens (primary N) is 1. The van der Waals surface area contributed by atoms with Gasteiger partial charge in [0.1, 0.15) is 11.6 Å². The Morgan fingerprint density at radius 3 is 2.27 bits per heavy atom. The lowest BCUT2D eigenvalue weighted by atomic mass is 9.96. The van der Waals surface area contributed by atoms with E-state index >= 15 is 0 Å². The second-order valence-corrected chi connectivity index (χ2v) is 5.39. The summed E-state index contributed by atoms with van der Waals surface area (Å²) in [7, 11) is 0. The van der Waals surface area contributed by atoms with Crippen LogP contribution in [0.25, 0.3) is 22.4 Å². The second-order valence-electron chi connectivity index (χ2n) is 5.39. The van der Waals surface area contributed by atoms with Gasteiger partial charge in [-0.3, -0.25) is 4.98 Å².